The van der Waals surface area contributed by atoms with Crippen LogP contribution in [0.25, 0.3) is 11.0 Å². The van der Waals surface area contributed by atoms with E-state index in [1.54, 1.807) is 24.3 Å². The van der Waals surface area contributed by atoms with Crippen molar-refractivity contribution in [3.05, 3.63) is 40.8 Å². The second kappa shape index (κ2) is 6.12. The Morgan fingerprint density at radius 3 is 2.74 bits per heavy atom. The van der Waals surface area contributed by atoms with Crippen LogP contribution in [0.2, 0.25) is 0 Å². The fourth-order valence-electron chi connectivity index (χ4n) is 2.37. The van der Waals surface area contributed by atoms with Gasteiger partial charge >= 0.3 is 11.6 Å². The lowest BCUT2D eigenvalue weighted by Crippen LogP contribution is -2.54. The zero-order valence-electron chi connectivity index (χ0n) is 12.5. The van der Waals surface area contributed by atoms with Crippen LogP contribution in [0.5, 0.6) is 5.75 Å². The SMILES string of the molecule is COC(=O)C1CN(C(=O)COc2ccc3ccc(=O)oc3c2)C1. The minimum atomic E-state index is -0.444. The van der Waals surface area contributed by atoms with Crippen LogP contribution >= 0.6 is 0 Å². The first kappa shape index (κ1) is 15.1. The van der Waals surface area contributed by atoms with Crippen molar-refractivity contribution in [2.75, 3.05) is 26.8 Å². The van der Waals surface area contributed by atoms with Crippen molar-refractivity contribution in [2.45, 2.75) is 0 Å². The molecule has 3 rings (SSSR count). The van der Waals surface area contributed by atoms with E-state index in [9.17, 15) is 14.4 Å². The van der Waals surface area contributed by atoms with Gasteiger partial charge in [0.15, 0.2) is 6.61 Å². The molecule has 0 aliphatic carbocycles. The molecule has 0 bridgehead atoms. The maximum absolute atomic E-state index is 11.9. The molecule has 0 radical (unpaired) electrons. The Morgan fingerprint density at radius 2 is 2.00 bits per heavy atom. The molecule has 120 valence electrons. The summed E-state index contributed by atoms with van der Waals surface area (Å²) in [5.41, 5.74) is -0.0442. The van der Waals surface area contributed by atoms with Crippen LogP contribution in [-0.2, 0) is 14.3 Å². The van der Waals surface area contributed by atoms with Gasteiger partial charge in [0.05, 0.1) is 13.0 Å². The molecule has 0 atom stereocenters. The third-order valence-electron chi connectivity index (χ3n) is 3.73. The number of methoxy groups -OCH3 is 1. The van der Waals surface area contributed by atoms with Crippen molar-refractivity contribution >= 4 is 22.8 Å². The van der Waals surface area contributed by atoms with Crippen molar-refractivity contribution in [2.24, 2.45) is 5.92 Å². The molecule has 1 aliphatic rings. The molecule has 0 saturated carbocycles. The molecule has 1 aliphatic heterocycles. The molecule has 1 saturated heterocycles. The van der Waals surface area contributed by atoms with E-state index in [0.29, 0.717) is 24.4 Å². The number of carbonyl (C=O) groups excluding carboxylic acids is 2. The number of nitrogens with zero attached hydrogens (tertiary/aromatic N) is 1. The fraction of sp³-hybridized carbons (Fsp3) is 0.312. The highest BCUT2D eigenvalue weighted by molar-refractivity contribution is 5.83. The van der Waals surface area contributed by atoms with Crippen molar-refractivity contribution in [3.8, 4) is 5.75 Å². The molecule has 1 amide bonds. The van der Waals surface area contributed by atoms with E-state index in [2.05, 4.69) is 4.74 Å². The van der Waals surface area contributed by atoms with Gasteiger partial charge in [0, 0.05) is 30.6 Å². The summed E-state index contributed by atoms with van der Waals surface area (Å²) in [7, 11) is 1.33. The van der Waals surface area contributed by atoms with E-state index in [-0.39, 0.29) is 24.4 Å². The van der Waals surface area contributed by atoms with E-state index < -0.39 is 5.63 Å². The lowest BCUT2D eigenvalue weighted by atomic mass is 10.0. The van der Waals surface area contributed by atoms with Gasteiger partial charge in [0.2, 0.25) is 0 Å². The molecule has 1 aromatic carbocycles. The third-order valence-corrected chi connectivity index (χ3v) is 3.73. The summed E-state index contributed by atoms with van der Waals surface area (Å²) in [5.74, 6) is -0.330. The van der Waals surface area contributed by atoms with Crippen LogP contribution in [-0.4, -0.2) is 43.6 Å². The predicted octanol–water partition coefficient (Wildman–Crippen LogP) is 0.803. The van der Waals surface area contributed by atoms with Gasteiger partial charge in [0.25, 0.3) is 5.91 Å². The van der Waals surface area contributed by atoms with E-state index in [1.807, 2.05) is 0 Å². The van der Waals surface area contributed by atoms with Crippen LogP contribution in [0.1, 0.15) is 0 Å². The van der Waals surface area contributed by atoms with Gasteiger partial charge in [-0.1, -0.05) is 0 Å². The van der Waals surface area contributed by atoms with E-state index >= 15 is 0 Å². The third kappa shape index (κ3) is 3.18. The molecule has 1 fully saturated rings. The van der Waals surface area contributed by atoms with Crippen LogP contribution in [0.4, 0.5) is 0 Å². The number of amides is 1. The first-order valence-corrected chi connectivity index (χ1v) is 7.09. The minimum absolute atomic E-state index is 0.142. The van der Waals surface area contributed by atoms with Gasteiger partial charge in [-0.2, -0.15) is 0 Å². The van der Waals surface area contributed by atoms with Crippen molar-refractivity contribution in [1.29, 1.82) is 0 Å². The molecular formula is C16H15NO6. The average molecular weight is 317 g/mol. The lowest BCUT2D eigenvalue weighted by molar-refractivity contribution is -0.156. The van der Waals surface area contributed by atoms with Gasteiger partial charge in [-0.25, -0.2) is 4.79 Å². The molecule has 7 heteroatoms. The summed E-state index contributed by atoms with van der Waals surface area (Å²) in [4.78, 5) is 35.9. The molecule has 1 aromatic heterocycles. The van der Waals surface area contributed by atoms with Crippen LogP contribution in [0, 0.1) is 5.92 Å². The van der Waals surface area contributed by atoms with E-state index in [1.165, 1.54) is 18.1 Å². The number of likely N-dealkylation sites (tertiary alicyclic amines) is 1. The summed E-state index contributed by atoms with van der Waals surface area (Å²) in [6, 6.07) is 8.01. The Kier molecular flexibility index (Phi) is 4.01. The summed E-state index contributed by atoms with van der Waals surface area (Å²) in [5, 5.41) is 0.770. The first-order chi connectivity index (χ1) is 11.1. The second-order valence-corrected chi connectivity index (χ2v) is 5.26. The molecule has 0 spiro atoms. The Balaban J connectivity index is 1.57. The highest BCUT2D eigenvalue weighted by atomic mass is 16.5. The summed E-state index contributed by atoms with van der Waals surface area (Å²) < 4.78 is 15.1. The quantitative estimate of drug-likeness (QED) is 0.612. The molecule has 0 N–H and O–H groups in total. The van der Waals surface area contributed by atoms with Gasteiger partial charge in [0.1, 0.15) is 11.3 Å². The van der Waals surface area contributed by atoms with Crippen molar-refractivity contribution < 1.29 is 23.5 Å². The number of hydrogen-bond donors (Lipinski definition) is 0. The Hall–Kier alpha value is -2.83. The summed E-state index contributed by atoms with van der Waals surface area (Å²) in [6.45, 7) is 0.555. The van der Waals surface area contributed by atoms with Gasteiger partial charge in [-0.05, 0) is 18.2 Å². The molecule has 2 heterocycles. The number of ether oxygens (including phenoxy) is 2. The maximum Gasteiger partial charge on any atom is 0.336 e. The number of benzene rings is 1. The Morgan fingerprint density at radius 1 is 1.26 bits per heavy atom. The van der Waals surface area contributed by atoms with Crippen molar-refractivity contribution in [1.82, 2.24) is 4.90 Å². The number of fused-ring (bicyclic) bond motifs is 1. The number of carbonyl (C=O) groups is 2. The highest BCUT2D eigenvalue weighted by Crippen LogP contribution is 2.20. The first-order valence-electron chi connectivity index (χ1n) is 7.09. The second-order valence-electron chi connectivity index (χ2n) is 5.26. The molecule has 2 aromatic rings. The topological polar surface area (TPSA) is 86.0 Å². The average Bonchev–Trinajstić information content (AvgIpc) is 2.50. The van der Waals surface area contributed by atoms with Gasteiger partial charge in [-0.15, -0.1) is 0 Å². The highest BCUT2D eigenvalue weighted by Gasteiger charge is 2.36. The molecule has 7 nitrogen and oxygen atoms in total. The standard InChI is InChI=1S/C16H15NO6/c1-21-16(20)11-7-17(8-11)14(18)9-22-12-4-2-10-3-5-15(19)23-13(10)6-12/h2-6,11H,7-9H2,1H3. The summed E-state index contributed by atoms with van der Waals surface area (Å²) in [6.07, 6.45) is 0. The lowest BCUT2D eigenvalue weighted by Gasteiger charge is -2.37. The number of rotatable bonds is 4. The van der Waals surface area contributed by atoms with Crippen LogP contribution < -0.4 is 10.4 Å². The number of hydrogen-bond acceptors (Lipinski definition) is 6. The van der Waals surface area contributed by atoms with E-state index in [0.717, 1.165) is 5.39 Å². The molecular weight excluding hydrogens is 302 g/mol. The fourth-order valence-corrected chi connectivity index (χ4v) is 2.37. The van der Waals surface area contributed by atoms with E-state index in [4.69, 9.17) is 9.15 Å². The zero-order valence-corrected chi connectivity index (χ0v) is 12.5. The smallest absolute Gasteiger partial charge is 0.336 e. The van der Waals surface area contributed by atoms with Gasteiger partial charge in [-0.3, -0.25) is 9.59 Å². The largest absolute Gasteiger partial charge is 0.484 e. The zero-order chi connectivity index (χ0) is 16.4. The minimum Gasteiger partial charge on any atom is -0.484 e. The van der Waals surface area contributed by atoms with Gasteiger partial charge < -0.3 is 18.8 Å². The molecule has 23 heavy (non-hydrogen) atoms. The Bertz CT molecular complexity index is 806. The van der Waals surface area contributed by atoms with Crippen molar-refractivity contribution in [3.63, 3.8) is 0 Å². The Labute approximate surface area is 131 Å². The monoisotopic (exact) mass is 317 g/mol. The van der Waals surface area contributed by atoms with Crippen LogP contribution in [0.3, 0.4) is 0 Å². The predicted molar refractivity (Wildman–Crippen MR) is 80.1 cm³/mol. The van der Waals surface area contributed by atoms with Crippen LogP contribution in [0.15, 0.2) is 39.5 Å². The normalized spacial score (nSPS) is 14.4. The molecule has 0 unspecified atom stereocenters. The summed E-state index contributed by atoms with van der Waals surface area (Å²) >= 11 is 0. The maximum atomic E-state index is 11.9. The number of esters is 1.